The maximum atomic E-state index is 9.22. The van der Waals surface area contributed by atoms with Crippen LogP contribution < -0.4 is 5.32 Å². The molecule has 0 heterocycles. The standard InChI is InChI=1S/C14H27NO/c1-13(2)5-3-12(4-6-13)9-15-10-14(11-16)7-8-14/h12,15-16H,3-11H2,1-2H3. The second kappa shape index (κ2) is 4.66. The van der Waals surface area contributed by atoms with Crippen molar-refractivity contribution in [2.75, 3.05) is 19.7 Å². The fourth-order valence-corrected chi connectivity index (χ4v) is 2.77. The molecule has 2 fully saturated rings. The van der Waals surface area contributed by atoms with Crippen molar-refractivity contribution in [1.82, 2.24) is 5.32 Å². The van der Waals surface area contributed by atoms with Crippen molar-refractivity contribution in [1.29, 1.82) is 0 Å². The first kappa shape index (κ1) is 12.4. The molecule has 2 N–H and O–H groups in total. The predicted molar refractivity (Wildman–Crippen MR) is 67.4 cm³/mol. The summed E-state index contributed by atoms with van der Waals surface area (Å²) >= 11 is 0. The van der Waals surface area contributed by atoms with Gasteiger partial charge in [0.15, 0.2) is 0 Å². The lowest BCUT2D eigenvalue weighted by atomic mass is 9.73. The summed E-state index contributed by atoms with van der Waals surface area (Å²) in [7, 11) is 0. The number of aliphatic hydroxyl groups excluding tert-OH is 1. The number of rotatable bonds is 5. The molecule has 0 bridgehead atoms. The molecule has 2 rings (SSSR count). The Bertz CT molecular complexity index is 223. The van der Waals surface area contributed by atoms with E-state index in [9.17, 15) is 5.11 Å². The van der Waals surface area contributed by atoms with Crippen LogP contribution in [0, 0.1) is 16.7 Å². The van der Waals surface area contributed by atoms with Gasteiger partial charge in [-0.15, -0.1) is 0 Å². The summed E-state index contributed by atoms with van der Waals surface area (Å²) in [5.41, 5.74) is 0.854. The van der Waals surface area contributed by atoms with Gasteiger partial charge in [0.2, 0.25) is 0 Å². The Morgan fingerprint density at radius 3 is 2.25 bits per heavy atom. The van der Waals surface area contributed by atoms with Crippen molar-refractivity contribution < 1.29 is 5.11 Å². The van der Waals surface area contributed by atoms with Gasteiger partial charge in [-0.05, 0) is 56.4 Å². The summed E-state index contributed by atoms with van der Waals surface area (Å²) in [4.78, 5) is 0. The molecule has 0 aromatic heterocycles. The van der Waals surface area contributed by atoms with Gasteiger partial charge in [-0.2, -0.15) is 0 Å². The molecule has 0 saturated heterocycles. The monoisotopic (exact) mass is 225 g/mol. The lowest BCUT2D eigenvalue weighted by Gasteiger charge is -2.34. The Balaban J connectivity index is 1.61. The first-order valence-corrected chi connectivity index (χ1v) is 6.87. The van der Waals surface area contributed by atoms with E-state index in [4.69, 9.17) is 0 Å². The molecule has 0 aliphatic heterocycles. The summed E-state index contributed by atoms with van der Waals surface area (Å²) in [5.74, 6) is 0.877. The zero-order valence-electron chi connectivity index (χ0n) is 10.9. The van der Waals surface area contributed by atoms with E-state index in [-0.39, 0.29) is 5.41 Å². The van der Waals surface area contributed by atoms with E-state index >= 15 is 0 Å². The first-order valence-electron chi connectivity index (χ1n) is 6.87. The first-order chi connectivity index (χ1) is 7.55. The highest BCUT2D eigenvalue weighted by Crippen LogP contribution is 2.44. The van der Waals surface area contributed by atoms with Gasteiger partial charge < -0.3 is 10.4 Å². The van der Waals surface area contributed by atoms with E-state index < -0.39 is 0 Å². The lowest BCUT2D eigenvalue weighted by Crippen LogP contribution is -2.33. The summed E-state index contributed by atoms with van der Waals surface area (Å²) in [6.45, 7) is 7.35. The average Bonchev–Trinajstić information content (AvgIpc) is 3.02. The highest BCUT2D eigenvalue weighted by Gasteiger charge is 2.41. The van der Waals surface area contributed by atoms with Crippen molar-refractivity contribution in [3.8, 4) is 0 Å². The SMILES string of the molecule is CC1(C)CCC(CNCC2(CO)CC2)CC1. The minimum atomic E-state index is 0.272. The smallest absolute Gasteiger partial charge is 0.0499 e. The van der Waals surface area contributed by atoms with Crippen LogP contribution in [0.4, 0.5) is 0 Å². The molecule has 94 valence electrons. The van der Waals surface area contributed by atoms with Crippen molar-refractivity contribution in [3.63, 3.8) is 0 Å². The summed E-state index contributed by atoms with van der Waals surface area (Å²) in [6, 6.07) is 0. The van der Waals surface area contributed by atoms with Crippen LogP contribution in [0.5, 0.6) is 0 Å². The van der Waals surface area contributed by atoms with Crippen LogP contribution in [0.25, 0.3) is 0 Å². The van der Waals surface area contributed by atoms with E-state index in [2.05, 4.69) is 19.2 Å². The molecule has 2 heteroatoms. The molecule has 0 aromatic rings. The summed E-state index contributed by atoms with van der Waals surface area (Å²) in [5, 5.41) is 12.8. The van der Waals surface area contributed by atoms with E-state index in [1.807, 2.05) is 0 Å². The Morgan fingerprint density at radius 2 is 1.75 bits per heavy atom. The second-order valence-electron chi connectivity index (χ2n) is 6.90. The predicted octanol–water partition coefficient (Wildman–Crippen LogP) is 2.56. The fraction of sp³-hybridized carbons (Fsp3) is 1.00. The van der Waals surface area contributed by atoms with E-state index in [0.717, 1.165) is 19.0 Å². The quantitative estimate of drug-likeness (QED) is 0.753. The third kappa shape index (κ3) is 3.21. The van der Waals surface area contributed by atoms with Gasteiger partial charge in [-0.3, -0.25) is 0 Å². The van der Waals surface area contributed by atoms with Crippen LogP contribution in [0.3, 0.4) is 0 Å². The Kier molecular flexibility index (Phi) is 3.60. The molecule has 2 saturated carbocycles. The average molecular weight is 225 g/mol. The van der Waals surface area contributed by atoms with Crippen LogP contribution in [0.15, 0.2) is 0 Å². The fourth-order valence-electron chi connectivity index (χ4n) is 2.77. The van der Waals surface area contributed by atoms with Crippen LogP contribution >= 0.6 is 0 Å². The molecule has 0 amide bonds. The summed E-state index contributed by atoms with van der Waals surface area (Å²) < 4.78 is 0. The maximum absolute atomic E-state index is 9.22. The molecule has 16 heavy (non-hydrogen) atoms. The highest BCUT2D eigenvalue weighted by molar-refractivity contribution is 4.94. The van der Waals surface area contributed by atoms with Gasteiger partial charge in [0.25, 0.3) is 0 Å². The van der Waals surface area contributed by atoms with Gasteiger partial charge in [0, 0.05) is 18.6 Å². The van der Waals surface area contributed by atoms with Crippen LogP contribution in [-0.4, -0.2) is 24.8 Å². The maximum Gasteiger partial charge on any atom is 0.0499 e. The third-order valence-corrected chi connectivity index (χ3v) is 4.68. The molecule has 2 aliphatic rings. The molecule has 0 spiro atoms. The Hall–Kier alpha value is -0.0800. The molecule has 2 nitrogen and oxygen atoms in total. The zero-order chi connectivity index (χ0) is 11.6. The van der Waals surface area contributed by atoms with E-state index in [0.29, 0.717) is 12.0 Å². The normalized spacial score (nSPS) is 27.9. The van der Waals surface area contributed by atoms with Crippen molar-refractivity contribution >= 4 is 0 Å². The topological polar surface area (TPSA) is 32.3 Å². The van der Waals surface area contributed by atoms with Gasteiger partial charge in [0.1, 0.15) is 0 Å². The highest BCUT2D eigenvalue weighted by atomic mass is 16.3. The summed E-state index contributed by atoms with van der Waals surface area (Å²) in [6.07, 6.45) is 7.95. The third-order valence-electron chi connectivity index (χ3n) is 4.68. The minimum Gasteiger partial charge on any atom is -0.396 e. The number of nitrogens with one attached hydrogen (secondary N) is 1. The lowest BCUT2D eigenvalue weighted by molar-refractivity contribution is 0.178. The van der Waals surface area contributed by atoms with Gasteiger partial charge in [0.05, 0.1) is 0 Å². The van der Waals surface area contributed by atoms with Crippen LogP contribution in [0.2, 0.25) is 0 Å². The minimum absolute atomic E-state index is 0.272. The molecule has 0 radical (unpaired) electrons. The Labute approximate surface area is 99.8 Å². The van der Waals surface area contributed by atoms with Gasteiger partial charge >= 0.3 is 0 Å². The molecule has 2 aliphatic carbocycles. The molecule has 0 unspecified atom stereocenters. The van der Waals surface area contributed by atoms with E-state index in [1.165, 1.54) is 38.5 Å². The largest absolute Gasteiger partial charge is 0.396 e. The van der Waals surface area contributed by atoms with Gasteiger partial charge in [-0.1, -0.05) is 13.8 Å². The van der Waals surface area contributed by atoms with Crippen LogP contribution in [0.1, 0.15) is 52.4 Å². The number of hydrogen-bond acceptors (Lipinski definition) is 2. The van der Waals surface area contributed by atoms with Crippen molar-refractivity contribution in [3.05, 3.63) is 0 Å². The molecule has 0 aromatic carbocycles. The number of hydrogen-bond donors (Lipinski definition) is 2. The van der Waals surface area contributed by atoms with Crippen molar-refractivity contribution in [2.45, 2.75) is 52.4 Å². The van der Waals surface area contributed by atoms with E-state index in [1.54, 1.807) is 0 Å². The Morgan fingerprint density at radius 1 is 1.12 bits per heavy atom. The zero-order valence-corrected chi connectivity index (χ0v) is 10.9. The second-order valence-corrected chi connectivity index (χ2v) is 6.90. The van der Waals surface area contributed by atoms with Gasteiger partial charge in [-0.25, -0.2) is 0 Å². The molecular weight excluding hydrogens is 198 g/mol. The molecule has 0 atom stereocenters. The molecular formula is C14H27NO. The van der Waals surface area contributed by atoms with Crippen LogP contribution in [-0.2, 0) is 0 Å². The number of aliphatic hydroxyl groups is 1. The van der Waals surface area contributed by atoms with Crippen molar-refractivity contribution in [2.24, 2.45) is 16.7 Å².